The molecular formula is C11H12ClN3O2. The number of aromatic nitrogens is 2. The van der Waals surface area contributed by atoms with Crippen molar-refractivity contribution in [3.63, 3.8) is 0 Å². The molecule has 1 aromatic heterocycles. The van der Waals surface area contributed by atoms with Gasteiger partial charge in [-0.25, -0.2) is 0 Å². The first-order valence-electron chi connectivity index (χ1n) is 5.20. The maximum absolute atomic E-state index is 8.62. The summed E-state index contributed by atoms with van der Waals surface area (Å²) in [6.07, 6.45) is 0. The molecule has 2 aromatic rings. The molecule has 0 radical (unpaired) electrons. The van der Waals surface area contributed by atoms with E-state index < -0.39 is 0 Å². The predicted octanol–water partition coefficient (Wildman–Crippen LogP) is 1.47. The first-order chi connectivity index (χ1) is 8.31. The van der Waals surface area contributed by atoms with Gasteiger partial charge < -0.3 is 14.8 Å². The number of benzene rings is 1. The summed E-state index contributed by atoms with van der Waals surface area (Å²) in [4.78, 5) is 0. The molecule has 0 aliphatic carbocycles. The van der Waals surface area contributed by atoms with Crippen LogP contribution < -0.4 is 5.32 Å². The van der Waals surface area contributed by atoms with Crippen LogP contribution in [-0.4, -0.2) is 28.5 Å². The lowest BCUT2D eigenvalue weighted by Crippen LogP contribution is -2.17. The monoisotopic (exact) mass is 253 g/mol. The largest absolute Gasteiger partial charge is 0.419 e. The molecule has 0 saturated carbocycles. The zero-order chi connectivity index (χ0) is 12.1. The van der Waals surface area contributed by atoms with Crippen LogP contribution in [0.1, 0.15) is 5.89 Å². The van der Waals surface area contributed by atoms with Crippen molar-refractivity contribution in [2.75, 3.05) is 13.2 Å². The average molecular weight is 254 g/mol. The molecule has 0 aliphatic heterocycles. The summed E-state index contributed by atoms with van der Waals surface area (Å²) < 4.78 is 5.45. The van der Waals surface area contributed by atoms with Gasteiger partial charge in [0.2, 0.25) is 11.8 Å². The second kappa shape index (κ2) is 5.77. The lowest BCUT2D eigenvalue weighted by molar-refractivity contribution is 0.289. The van der Waals surface area contributed by atoms with E-state index in [-0.39, 0.29) is 6.61 Å². The summed E-state index contributed by atoms with van der Waals surface area (Å²) in [6.45, 7) is 0.993. The van der Waals surface area contributed by atoms with Gasteiger partial charge in [-0.2, -0.15) is 0 Å². The highest BCUT2D eigenvalue weighted by molar-refractivity contribution is 6.33. The van der Waals surface area contributed by atoms with Crippen LogP contribution in [0.25, 0.3) is 11.5 Å². The van der Waals surface area contributed by atoms with Crippen LogP contribution in [0.5, 0.6) is 0 Å². The summed E-state index contributed by atoms with van der Waals surface area (Å²) in [5.74, 6) is 0.866. The number of aliphatic hydroxyl groups excluding tert-OH is 1. The van der Waals surface area contributed by atoms with E-state index in [1.165, 1.54) is 0 Å². The van der Waals surface area contributed by atoms with Crippen molar-refractivity contribution in [2.45, 2.75) is 6.54 Å². The number of hydrogen-bond acceptors (Lipinski definition) is 5. The van der Waals surface area contributed by atoms with Crippen LogP contribution in [0.15, 0.2) is 28.7 Å². The van der Waals surface area contributed by atoms with Crippen molar-refractivity contribution in [3.05, 3.63) is 35.2 Å². The fourth-order valence-electron chi connectivity index (χ4n) is 1.34. The van der Waals surface area contributed by atoms with Crippen molar-refractivity contribution in [1.29, 1.82) is 0 Å². The Balaban J connectivity index is 2.10. The molecular weight excluding hydrogens is 242 g/mol. The van der Waals surface area contributed by atoms with E-state index in [4.69, 9.17) is 21.1 Å². The Morgan fingerprint density at radius 1 is 1.29 bits per heavy atom. The number of nitrogens with zero attached hydrogens (tertiary/aromatic N) is 2. The van der Waals surface area contributed by atoms with Gasteiger partial charge in [0.15, 0.2) is 0 Å². The second-order valence-electron chi connectivity index (χ2n) is 3.38. The third-order valence-corrected chi connectivity index (χ3v) is 2.47. The Bertz CT molecular complexity index is 487. The smallest absolute Gasteiger partial charge is 0.249 e. The Morgan fingerprint density at radius 3 is 2.88 bits per heavy atom. The molecule has 0 unspecified atom stereocenters. The van der Waals surface area contributed by atoms with Crippen LogP contribution in [-0.2, 0) is 6.54 Å². The third kappa shape index (κ3) is 3.03. The van der Waals surface area contributed by atoms with E-state index in [1.807, 2.05) is 18.2 Å². The van der Waals surface area contributed by atoms with Gasteiger partial charge in [0.05, 0.1) is 23.7 Å². The van der Waals surface area contributed by atoms with Crippen molar-refractivity contribution in [2.24, 2.45) is 0 Å². The van der Waals surface area contributed by atoms with Gasteiger partial charge in [0.1, 0.15) is 0 Å². The molecule has 0 atom stereocenters. The van der Waals surface area contributed by atoms with E-state index in [0.29, 0.717) is 29.9 Å². The van der Waals surface area contributed by atoms with Gasteiger partial charge in [0, 0.05) is 6.54 Å². The number of rotatable bonds is 5. The first kappa shape index (κ1) is 12.0. The van der Waals surface area contributed by atoms with Crippen LogP contribution >= 0.6 is 11.6 Å². The van der Waals surface area contributed by atoms with Gasteiger partial charge in [-0.1, -0.05) is 23.7 Å². The predicted molar refractivity (Wildman–Crippen MR) is 63.5 cm³/mol. The summed E-state index contributed by atoms with van der Waals surface area (Å²) in [5.41, 5.74) is 0.718. The van der Waals surface area contributed by atoms with E-state index in [9.17, 15) is 0 Å². The van der Waals surface area contributed by atoms with Crippen LogP contribution in [0.3, 0.4) is 0 Å². The number of halogens is 1. The zero-order valence-electron chi connectivity index (χ0n) is 9.06. The molecule has 17 heavy (non-hydrogen) atoms. The highest BCUT2D eigenvalue weighted by Crippen LogP contribution is 2.25. The second-order valence-corrected chi connectivity index (χ2v) is 3.79. The number of aliphatic hydroxyl groups is 1. The standard InChI is InChI=1S/C11H12ClN3O2/c12-9-4-2-1-3-8(9)11-15-14-10(17-11)7-13-5-6-16/h1-4,13,16H,5-7H2. The van der Waals surface area contributed by atoms with Crippen molar-refractivity contribution < 1.29 is 9.52 Å². The van der Waals surface area contributed by atoms with Crippen LogP contribution in [0.2, 0.25) is 5.02 Å². The number of hydrogen-bond donors (Lipinski definition) is 2. The zero-order valence-corrected chi connectivity index (χ0v) is 9.81. The minimum absolute atomic E-state index is 0.0749. The number of nitrogens with one attached hydrogen (secondary N) is 1. The Kier molecular flexibility index (Phi) is 4.08. The van der Waals surface area contributed by atoms with E-state index >= 15 is 0 Å². The summed E-state index contributed by atoms with van der Waals surface area (Å²) in [5, 5.41) is 20.0. The first-order valence-corrected chi connectivity index (χ1v) is 5.58. The van der Waals surface area contributed by atoms with Crippen LogP contribution in [0.4, 0.5) is 0 Å². The molecule has 1 aromatic carbocycles. The molecule has 2 N–H and O–H groups in total. The summed E-state index contributed by atoms with van der Waals surface area (Å²) in [6, 6.07) is 7.28. The molecule has 0 aliphatic rings. The van der Waals surface area contributed by atoms with E-state index in [2.05, 4.69) is 15.5 Å². The molecule has 6 heteroatoms. The fraction of sp³-hybridized carbons (Fsp3) is 0.273. The van der Waals surface area contributed by atoms with Gasteiger partial charge in [-0.3, -0.25) is 0 Å². The quantitative estimate of drug-likeness (QED) is 0.790. The lowest BCUT2D eigenvalue weighted by Gasteiger charge is -1.98. The molecule has 5 nitrogen and oxygen atoms in total. The SMILES string of the molecule is OCCNCc1nnc(-c2ccccc2Cl)o1. The third-order valence-electron chi connectivity index (χ3n) is 2.14. The maximum atomic E-state index is 8.62. The topological polar surface area (TPSA) is 71.2 Å². The molecule has 1 heterocycles. The van der Waals surface area contributed by atoms with E-state index in [1.54, 1.807) is 6.07 Å². The summed E-state index contributed by atoms with van der Waals surface area (Å²) in [7, 11) is 0. The average Bonchev–Trinajstić information content (AvgIpc) is 2.79. The maximum Gasteiger partial charge on any atom is 0.249 e. The molecule has 2 rings (SSSR count). The van der Waals surface area contributed by atoms with Crippen molar-refractivity contribution >= 4 is 11.6 Å². The van der Waals surface area contributed by atoms with Gasteiger partial charge >= 0.3 is 0 Å². The molecule has 0 bridgehead atoms. The highest BCUT2D eigenvalue weighted by Gasteiger charge is 2.10. The molecule has 0 saturated heterocycles. The Labute approximate surface area is 103 Å². The fourth-order valence-corrected chi connectivity index (χ4v) is 1.56. The van der Waals surface area contributed by atoms with Crippen LogP contribution in [0, 0.1) is 0 Å². The van der Waals surface area contributed by atoms with Crippen molar-refractivity contribution in [3.8, 4) is 11.5 Å². The molecule has 0 fully saturated rings. The van der Waals surface area contributed by atoms with E-state index in [0.717, 1.165) is 5.56 Å². The Hall–Kier alpha value is -1.43. The molecule has 90 valence electrons. The lowest BCUT2D eigenvalue weighted by atomic mass is 10.2. The van der Waals surface area contributed by atoms with Gasteiger partial charge in [-0.05, 0) is 12.1 Å². The normalized spacial score (nSPS) is 10.7. The minimum atomic E-state index is 0.0749. The minimum Gasteiger partial charge on any atom is -0.419 e. The highest BCUT2D eigenvalue weighted by atomic mass is 35.5. The molecule has 0 spiro atoms. The van der Waals surface area contributed by atoms with Gasteiger partial charge in [0.25, 0.3) is 0 Å². The molecule has 0 amide bonds. The summed E-state index contributed by atoms with van der Waals surface area (Å²) >= 11 is 6.02. The Morgan fingerprint density at radius 2 is 2.12 bits per heavy atom. The van der Waals surface area contributed by atoms with Gasteiger partial charge in [-0.15, -0.1) is 10.2 Å². The van der Waals surface area contributed by atoms with Crippen molar-refractivity contribution in [1.82, 2.24) is 15.5 Å².